The SMILES string of the molecule is [CH2-]CCC.[CH]#[W+]. The van der Waals surface area contributed by atoms with Crippen molar-refractivity contribution in [2.45, 2.75) is 19.8 Å². The van der Waals surface area contributed by atoms with E-state index in [1.165, 1.54) is 6.42 Å². The monoisotopic (exact) mass is 254 g/mol. The summed E-state index contributed by atoms with van der Waals surface area (Å²) in [5, 5.41) is 0. The molecule has 1 heteroatoms. The van der Waals surface area contributed by atoms with Crippen molar-refractivity contribution in [3.8, 4) is 4.71 Å². The van der Waals surface area contributed by atoms with Crippen molar-refractivity contribution < 1.29 is 19.2 Å². The van der Waals surface area contributed by atoms with Crippen LogP contribution < -0.4 is 0 Å². The third-order valence-electron chi connectivity index (χ3n) is 0.354. The van der Waals surface area contributed by atoms with E-state index in [2.05, 4.69) is 18.6 Å². The van der Waals surface area contributed by atoms with Crippen molar-refractivity contribution in [1.82, 2.24) is 0 Å². The molecule has 0 fully saturated rings. The molecule has 0 unspecified atom stereocenters. The second-order valence-electron chi connectivity index (χ2n) is 0.854. The second-order valence-corrected chi connectivity index (χ2v) is 0.854. The Bertz CT molecular complexity index is 20.4. The molecule has 0 aliphatic rings. The fraction of sp³-hybridized carbons (Fsp3) is 0.600. The normalized spacial score (nSPS) is 5.33. The average molecular weight is 254 g/mol. The Morgan fingerprint density at radius 3 is 1.83 bits per heavy atom. The molecule has 6 heavy (non-hydrogen) atoms. The minimum absolute atomic E-state index is 1.07. The van der Waals surface area contributed by atoms with Gasteiger partial charge >= 0.3 is 23.9 Å². The number of hydrogen-bond acceptors (Lipinski definition) is 0. The Morgan fingerprint density at radius 1 is 1.67 bits per heavy atom. The van der Waals surface area contributed by atoms with Crippen LogP contribution >= 0.6 is 0 Å². The summed E-state index contributed by atoms with van der Waals surface area (Å²) < 4.78 is 4.58. The molecule has 0 N–H and O–H groups in total. The van der Waals surface area contributed by atoms with Gasteiger partial charge in [-0.05, 0) is 0 Å². The summed E-state index contributed by atoms with van der Waals surface area (Å²) in [6, 6.07) is 0. The van der Waals surface area contributed by atoms with Gasteiger partial charge in [-0.3, -0.25) is 0 Å². The maximum absolute atomic E-state index is 4.58. The van der Waals surface area contributed by atoms with E-state index < -0.39 is 0 Å². The van der Waals surface area contributed by atoms with Gasteiger partial charge in [0.2, 0.25) is 0 Å². The molecule has 0 amide bonds. The van der Waals surface area contributed by atoms with E-state index in [0.717, 1.165) is 25.6 Å². The van der Waals surface area contributed by atoms with Gasteiger partial charge in [-0.2, -0.15) is 6.42 Å². The molecular weight excluding hydrogens is 244 g/mol. The van der Waals surface area contributed by atoms with E-state index in [-0.39, 0.29) is 0 Å². The number of hydrogen-bond donors (Lipinski definition) is 0. The van der Waals surface area contributed by atoms with Crippen molar-refractivity contribution in [3.05, 3.63) is 6.92 Å². The maximum atomic E-state index is 4.58. The molecule has 0 aliphatic carbocycles. The van der Waals surface area contributed by atoms with E-state index >= 15 is 0 Å². The van der Waals surface area contributed by atoms with Crippen LogP contribution in [0, 0.1) is 11.6 Å². The Balaban J connectivity index is 0. The molecule has 0 spiro atoms. The van der Waals surface area contributed by atoms with Crippen LogP contribution in [0.25, 0.3) is 0 Å². The van der Waals surface area contributed by atoms with Crippen LogP contribution in [0.1, 0.15) is 19.8 Å². The second kappa shape index (κ2) is 17.9. The van der Waals surface area contributed by atoms with Crippen molar-refractivity contribution in [2.75, 3.05) is 0 Å². The quantitative estimate of drug-likeness (QED) is 0.625. The fourth-order valence-corrected chi connectivity index (χ4v) is 0. The molecule has 0 aliphatic heterocycles. The fourth-order valence-electron chi connectivity index (χ4n) is 0. The molecule has 0 atom stereocenters. The van der Waals surface area contributed by atoms with E-state index in [9.17, 15) is 0 Å². The Morgan fingerprint density at radius 2 is 1.83 bits per heavy atom. The standard InChI is InChI=1S/C4H9.CH.W/c1-3-4-2;;/h1,3-4H2,2H3;1H;/q-1;;+1. The third kappa shape index (κ3) is 24.9. The first-order valence-electron chi connectivity index (χ1n) is 1.94. The molecule has 0 heterocycles. The number of rotatable bonds is 1. The van der Waals surface area contributed by atoms with E-state index in [1.54, 1.807) is 0 Å². The van der Waals surface area contributed by atoms with Crippen LogP contribution in [-0.2, 0) is 19.2 Å². The molecule has 0 radical (unpaired) electrons. The zero-order valence-corrected chi connectivity index (χ0v) is 7.04. The van der Waals surface area contributed by atoms with Gasteiger partial charge in [-0.15, -0.1) is 0 Å². The van der Waals surface area contributed by atoms with Crippen LogP contribution in [0.4, 0.5) is 0 Å². The van der Waals surface area contributed by atoms with Crippen LogP contribution in [0.2, 0.25) is 0 Å². The molecule has 0 saturated heterocycles. The first-order valence-corrected chi connectivity index (χ1v) is 3.64. The summed E-state index contributed by atoms with van der Waals surface area (Å²) in [6.07, 6.45) is 2.28. The summed E-state index contributed by atoms with van der Waals surface area (Å²) in [4.78, 5) is 0. The van der Waals surface area contributed by atoms with Crippen LogP contribution in [0.5, 0.6) is 0 Å². The summed E-state index contributed by atoms with van der Waals surface area (Å²) in [6.45, 7) is 5.72. The Kier molecular flexibility index (Phi) is 28.9. The van der Waals surface area contributed by atoms with Gasteiger partial charge < -0.3 is 6.92 Å². The molecule has 0 nitrogen and oxygen atoms in total. The van der Waals surface area contributed by atoms with Gasteiger partial charge in [0.05, 0.1) is 0 Å². The minimum atomic E-state index is 1.07. The molecule has 36 valence electrons. The predicted molar refractivity (Wildman–Crippen MR) is 25.2 cm³/mol. The van der Waals surface area contributed by atoms with Gasteiger partial charge in [-0.25, -0.2) is 0 Å². The third-order valence-corrected chi connectivity index (χ3v) is 0.354. The zero-order chi connectivity index (χ0) is 5.41. The molecule has 0 aromatic carbocycles. The van der Waals surface area contributed by atoms with Crippen LogP contribution in [0.3, 0.4) is 0 Å². The zero-order valence-electron chi connectivity index (χ0n) is 4.11. The van der Waals surface area contributed by atoms with Crippen LogP contribution in [0.15, 0.2) is 0 Å². The summed E-state index contributed by atoms with van der Waals surface area (Å²) in [7, 11) is 0. The molecule has 0 saturated carbocycles. The Labute approximate surface area is 51.0 Å². The molecule has 0 bridgehead atoms. The van der Waals surface area contributed by atoms with Crippen LogP contribution in [-0.4, -0.2) is 0 Å². The first kappa shape index (κ1) is 9.69. The van der Waals surface area contributed by atoms with E-state index in [0.29, 0.717) is 0 Å². The molecular formula is C5H10W. The average Bonchev–Trinajstić information content (AvgIpc) is 1.72. The summed E-state index contributed by atoms with van der Waals surface area (Å²) >= 11 is 1.08. The van der Waals surface area contributed by atoms with Gasteiger partial charge in [0.25, 0.3) is 0 Å². The van der Waals surface area contributed by atoms with E-state index in [1.807, 2.05) is 0 Å². The van der Waals surface area contributed by atoms with Gasteiger partial charge in [0.15, 0.2) is 0 Å². The van der Waals surface area contributed by atoms with Crippen molar-refractivity contribution in [2.24, 2.45) is 0 Å². The van der Waals surface area contributed by atoms with Crippen molar-refractivity contribution in [3.63, 3.8) is 0 Å². The molecule has 0 rings (SSSR count). The molecule has 0 aromatic heterocycles. The van der Waals surface area contributed by atoms with Gasteiger partial charge in [0, 0.05) is 0 Å². The van der Waals surface area contributed by atoms with Crippen molar-refractivity contribution >= 4 is 0 Å². The van der Waals surface area contributed by atoms with E-state index in [4.69, 9.17) is 0 Å². The topological polar surface area (TPSA) is 0 Å². The van der Waals surface area contributed by atoms with Gasteiger partial charge in [0.1, 0.15) is 0 Å². The first-order chi connectivity index (χ1) is 2.91. The Hall–Kier alpha value is 0.468. The predicted octanol–water partition coefficient (Wildman–Crippen LogP) is 1.74. The summed E-state index contributed by atoms with van der Waals surface area (Å²) in [5.74, 6) is 0. The molecule has 0 aromatic rings. The van der Waals surface area contributed by atoms with Crippen molar-refractivity contribution in [1.29, 1.82) is 0 Å². The number of unbranched alkanes of at least 4 members (excludes halogenated alkanes) is 1. The van der Waals surface area contributed by atoms with Gasteiger partial charge in [-0.1, -0.05) is 13.3 Å². The summed E-state index contributed by atoms with van der Waals surface area (Å²) in [5.41, 5.74) is 0.